The first-order valence-corrected chi connectivity index (χ1v) is 8.47. The van der Waals surface area contributed by atoms with Crippen LogP contribution in [0.15, 0.2) is 18.2 Å². The first-order valence-electron chi connectivity index (χ1n) is 5.56. The molecule has 0 aromatic heterocycles. The third kappa shape index (κ3) is 3.07. The quantitative estimate of drug-likeness (QED) is 0.742. The Morgan fingerprint density at radius 3 is 2.35 bits per heavy atom. The van der Waals surface area contributed by atoms with E-state index >= 15 is 0 Å². The molecule has 4 heteroatoms. The van der Waals surface area contributed by atoms with Crippen molar-refractivity contribution in [3.63, 3.8) is 0 Å². The second-order valence-corrected chi connectivity index (χ2v) is 10.3. The molecule has 2 nitrogen and oxygen atoms in total. The zero-order valence-electron chi connectivity index (χ0n) is 11.0. The van der Waals surface area contributed by atoms with Crippen LogP contribution >= 0.6 is 0 Å². The minimum absolute atomic E-state index is 0.00207. The second kappa shape index (κ2) is 4.50. The Kier molecular flexibility index (Phi) is 3.63. The van der Waals surface area contributed by atoms with Crippen molar-refractivity contribution in [2.24, 2.45) is 0 Å². The van der Waals surface area contributed by atoms with Crippen molar-refractivity contribution in [1.29, 1.82) is 5.26 Å². The van der Waals surface area contributed by atoms with Gasteiger partial charge in [-0.1, -0.05) is 20.8 Å². The molecular formula is C13H18FNOSi. The molecule has 0 amide bonds. The van der Waals surface area contributed by atoms with Crippen LogP contribution in [-0.4, -0.2) is 8.32 Å². The summed E-state index contributed by atoms with van der Waals surface area (Å²) in [4.78, 5) is 0. The molecule has 1 aromatic rings. The fourth-order valence-corrected chi connectivity index (χ4v) is 2.09. The zero-order chi connectivity index (χ0) is 13.3. The lowest BCUT2D eigenvalue weighted by molar-refractivity contribution is 0.457. The highest BCUT2D eigenvalue weighted by Crippen LogP contribution is 2.38. The van der Waals surface area contributed by atoms with Crippen LogP contribution in [0.1, 0.15) is 26.3 Å². The van der Waals surface area contributed by atoms with Gasteiger partial charge in [0, 0.05) is 0 Å². The summed E-state index contributed by atoms with van der Waals surface area (Å²) in [5, 5.41) is 8.80. The van der Waals surface area contributed by atoms with Gasteiger partial charge in [0.05, 0.1) is 11.6 Å². The molecule has 17 heavy (non-hydrogen) atoms. The van der Waals surface area contributed by atoms with Crippen LogP contribution in [0.3, 0.4) is 0 Å². The zero-order valence-corrected chi connectivity index (χ0v) is 12.0. The molecule has 0 N–H and O–H groups in total. The number of hydrogen-bond acceptors (Lipinski definition) is 2. The molecule has 0 aliphatic rings. The van der Waals surface area contributed by atoms with Crippen LogP contribution in [-0.2, 0) is 0 Å². The number of rotatable bonds is 2. The van der Waals surface area contributed by atoms with Crippen molar-refractivity contribution in [1.82, 2.24) is 0 Å². The van der Waals surface area contributed by atoms with Crippen molar-refractivity contribution in [2.75, 3.05) is 0 Å². The minimum Gasteiger partial charge on any atom is -0.542 e. The fourth-order valence-electron chi connectivity index (χ4n) is 1.08. The van der Waals surface area contributed by atoms with Crippen LogP contribution in [0, 0.1) is 17.1 Å². The smallest absolute Gasteiger partial charge is 0.250 e. The van der Waals surface area contributed by atoms with Gasteiger partial charge in [0.1, 0.15) is 5.75 Å². The number of nitrogens with zero attached hydrogens (tertiary/aromatic N) is 1. The molecule has 0 saturated heterocycles. The van der Waals surface area contributed by atoms with Gasteiger partial charge in [0.15, 0.2) is 5.82 Å². The molecule has 0 atom stereocenters. The lowest BCUT2D eigenvalue weighted by Gasteiger charge is -2.36. The summed E-state index contributed by atoms with van der Waals surface area (Å²) in [5.74, 6) is -0.218. The van der Waals surface area contributed by atoms with E-state index in [2.05, 4.69) is 20.8 Å². The molecule has 0 bridgehead atoms. The van der Waals surface area contributed by atoms with E-state index in [-0.39, 0.29) is 10.8 Å². The molecule has 0 aliphatic heterocycles. The average Bonchev–Trinajstić information content (AvgIpc) is 2.19. The number of halogens is 1. The van der Waals surface area contributed by atoms with E-state index < -0.39 is 14.1 Å². The van der Waals surface area contributed by atoms with Crippen molar-refractivity contribution in [2.45, 2.75) is 38.9 Å². The number of benzene rings is 1. The van der Waals surface area contributed by atoms with Crippen molar-refractivity contribution >= 4 is 8.32 Å². The summed E-state index contributed by atoms with van der Waals surface area (Å²) >= 11 is 0. The van der Waals surface area contributed by atoms with Crippen LogP contribution < -0.4 is 4.43 Å². The van der Waals surface area contributed by atoms with Gasteiger partial charge in [0.2, 0.25) is 0 Å². The van der Waals surface area contributed by atoms with E-state index in [1.165, 1.54) is 18.2 Å². The molecule has 0 radical (unpaired) electrons. The Hall–Kier alpha value is -1.34. The minimum atomic E-state index is -2.06. The van der Waals surface area contributed by atoms with E-state index in [0.29, 0.717) is 5.56 Å². The van der Waals surface area contributed by atoms with Crippen molar-refractivity contribution in [3.8, 4) is 11.8 Å². The molecule has 0 fully saturated rings. The lowest BCUT2D eigenvalue weighted by atomic mass is 10.2. The molecule has 1 aromatic carbocycles. The summed E-state index contributed by atoms with van der Waals surface area (Å²) in [6.07, 6.45) is 0. The van der Waals surface area contributed by atoms with Gasteiger partial charge >= 0.3 is 0 Å². The molecule has 0 spiro atoms. The molecule has 0 saturated carbocycles. The third-order valence-electron chi connectivity index (χ3n) is 3.23. The first-order chi connectivity index (χ1) is 7.67. The van der Waals surface area contributed by atoms with E-state index in [1.807, 2.05) is 19.2 Å². The lowest BCUT2D eigenvalue weighted by Crippen LogP contribution is -2.44. The Bertz CT molecular complexity index is 457. The molecule has 0 heterocycles. The maximum atomic E-state index is 13.6. The monoisotopic (exact) mass is 251 g/mol. The van der Waals surface area contributed by atoms with Gasteiger partial charge in [-0.15, -0.1) is 0 Å². The number of hydrogen-bond donors (Lipinski definition) is 0. The fraction of sp³-hybridized carbons (Fsp3) is 0.462. The van der Waals surface area contributed by atoms with Gasteiger partial charge in [-0.3, -0.25) is 0 Å². The van der Waals surface area contributed by atoms with Gasteiger partial charge in [-0.05, 0) is 36.3 Å². The standard InChI is InChI=1S/C13H18FNOSi/c1-13(2,3)17(4,5)16-12-8-10(9-15)6-7-11(12)14/h6-8H,1-5H3. The van der Waals surface area contributed by atoms with Crippen LogP contribution in [0.5, 0.6) is 5.75 Å². The Balaban J connectivity index is 3.08. The highest BCUT2D eigenvalue weighted by Gasteiger charge is 2.39. The van der Waals surface area contributed by atoms with Crippen LogP contribution in [0.2, 0.25) is 18.1 Å². The summed E-state index contributed by atoms with van der Waals surface area (Å²) < 4.78 is 19.5. The van der Waals surface area contributed by atoms with Crippen molar-refractivity contribution < 1.29 is 8.82 Å². The molecule has 0 unspecified atom stereocenters. The van der Waals surface area contributed by atoms with Gasteiger partial charge in [-0.2, -0.15) is 5.26 Å². The average molecular weight is 251 g/mol. The van der Waals surface area contributed by atoms with E-state index in [9.17, 15) is 4.39 Å². The predicted octanol–water partition coefficient (Wildman–Crippen LogP) is 4.08. The summed E-state index contributed by atoms with van der Waals surface area (Å²) in [7, 11) is -2.06. The third-order valence-corrected chi connectivity index (χ3v) is 7.57. The highest BCUT2D eigenvalue weighted by molar-refractivity contribution is 6.74. The van der Waals surface area contributed by atoms with Gasteiger partial charge in [-0.25, -0.2) is 4.39 Å². The maximum Gasteiger partial charge on any atom is 0.250 e. The molecule has 0 aliphatic carbocycles. The summed E-state index contributed by atoms with van der Waals surface area (Å²) in [6, 6.07) is 6.19. The topological polar surface area (TPSA) is 33.0 Å². The summed E-state index contributed by atoms with van der Waals surface area (Å²) in [6.45, 7) is 10.4. The van der Waals surface area contributed by atoms with Crippen LogP contribution in [0.25, 0.3) is 0 Å². The largest absolute Gasteiger partial charge is 0.542 e. The van der Waals surface area contributed by atoms with Gasteiger partial charge in [0.25, 0.3) is 8.32 Å². The Labute approximate surface area is 103 Å². The Morgan fingerprint density at radius 1 is 1.29 bits per heavy atom. The molecule has 92 valence electrons. The second-order valence-electron chi connectivity index (χ2n) is 5.62. The number of nitriles is 1. The molecular weight excluding hydrogens is 233 g/mol. The SMILES string of the molecule is CC(C)(C)[Si](C)(C)Oc1cc(C#N)ccc1F. The Morgan fingerprint density at radius 2 is 1.88 bits per heavy atom. The van der Waals surface area contributed by atoms with Crippen molar-refractivity contribution in [3.05, 3.63) is 29.6 Å². The predicted molar refractivity (Wildman–Crippen MR) is 68.9 cm³/mol. The van der Waals surface area contributed by atoms with Gasteiger partial charge < -0.3 is 4.43 Å². The van der Waals surface area contributed by atoms with E-state index in [4.69, 9.17) is 9.69 Å². The highest BCUT2D eigenvalue weighted by atomic mass is 28.4. The van der Waals surface area contributed by atoms with E-state index in [1.54, 1.807) is 0 Å². The van der Waals surface area contributed by atoms with E-state index in [0.717, 1.165) is 0 Å². The summed E-state index contributed by atoms with van der Waals surface area (Å²) in [5.41, 5.74) is 0.417. The first kappa shape index (κ1) is 13.7. The molecule has 1 rings (SSSR count). The normalized spacial score (nSPS) is 12.1. The maximum absolute atomic E-state index is 13.6. The van der Waals surface area contributed by atoms with Crippen LogP contribution in [0.4, 0.5) is 4.39 Å².